The van der Waals surface area contributed by atoms with Gasteiger partial charge in [0.15, 0.2) is 5.67 Å². The molecule has 1 aromatic carbocycles. The zero-order valence-electron chi connectivity index (χ0n) is 12.5. The summed E-state index contributed by atoms with van der Waals surface area (Å²) in [6, 6.07) is 10.2. The molecule has 0 heterocycles. The van der Waals surface area contributed by atoms with Gasteiger partial charge in [-0.3, -0.25) is 0 Å². The van der Waals surface area contributed by atoms with Crippen molar-refractivity contribution in [1.29, 1.82) is 0 Å². The van der Waals surface area contributed by atoms with Gasteiger partial charge in [0.2, 0.25) is 0 Å². The first-order chi connectivity index (χ1) is 8.41. The lowest BCUT2D eigenvalue weighted by Gasteiger charge is -2.41. The zero-order chi connectivity index (χ0) is 13.8. The van der Waals surface area contributed by atoms with Crippen molar-refractivity contribution in [1.82, 2.24) is 0 Å². The summed E-state index contributed by atoms with van der Waals surface area (Å²) in [4.78, 5) is 0. The molecule has 4 nitrogen and oxygen atoms in total. The van der Waals surface area contributed by atoms with E-state index in [1.165, 1.54) is 5.56 Å². The lowest BCUT2D eigenvalue weighted by molar-refractivity contribution is -0.892. The molecule has 0 aromatic heterocycles. The van der Waals surface area contributed by atoms with Gasteiger partial charge in [0.1, 0.15) is 0 Å². The van der Waals surface area contributed by atoms with Gasteiger partial charge >= 0.3 is 8.80 Å². The van der Waals surface area contributed by atoms with Gasteiger partial charge in [-0.25, -0.2) is 0 Å². The quantitative estimate of drug-likeness (QED) is 0.491. The maximum Gasteiger partial charge on any atom is 0.566 e. The molecule has 1 unspecified atom stereocenters. The average molecular weight is 306 g/mol. The molecular weight excluding hydrogens is 282 g/mol. The Labute approximate surface area is 123 Å². The summed E-state index contributed by atoms with van der Waals surface area (Å²) in [6.45, 7) is 0. The average Bonchev–Trinajstić information content (AvgIpc) is 2.35. The Morgan fingerprint density at radius 2 is 1.32 bits per heavy atom. The molecule has 1 aromatic rings. The van der Waals surface area contributed by atoms with Gasteiger partial charge in [-0.1, -0.05) is 30.3 Å². The molecule has 0 bridgehead atoms. The highest BCUT2D eigenvalue weighted by Crippen LogP contribution is 2.34. The Hall–Kier alpha value is -0.433. The van der Waals surface area contributed by atoms with E-state index in [1.54, 1.807) is 21.3 Å². The molecule has 0 aliphatic rings. The third-order valence-electron chi connectivity index (χ3n) is 3.08. The second kappa shape index (κ2) is 7.38. The smallest absolute Gasteiger partial charge is 0.566 e. The molecule has 0 saturated heterocycles. The van der Waals surface area contributed by atoms with Crippen LogP contribution in [0.3, 0.4) is 0 Å². The van der Waals surface area contributed by atoms with Crippen LogP contribution in [0.1, 0.15) is 11.2 Å². The summed E-state index contributed by atoms with van der Waals surface area (Å²) in [5, 5.41) is 0. The standard InChI is InChI=1S/C13H24NO3Si.ClH/c1-14(2,3)13(12-10-8-7-9-11-12)18(15-4,16-5)17-6;/h7-11,13H,1-6H3;1H/q+1;/p-1. The van der Waals surface area contributed by atoms with E-state index in [0.29, 0.717) is 4.48 Å². The number of benzene rings is 1. The molecule has 0 amide bonds. The summed E-state index contributed by atoms with van der Waals surface area (Å²) >= 11 is 0. The van der Waals surface area contributed by atoms with Crippen LogP contribution in [0.4, 0.5) is 0 Å². The van der Waals surface area contributed by atoms with Crippen molar-refractivity contribution in [3.05, 3.63) is 35.9 Å². The first-order valence-electron chi connectivity index (χ1n) is 5.92. The minimum absolute atomic E-state index is 0. The zero-order valence-corrected chi connectivity index (χ0v) is 14.3. The lowest BCUT2D eigenvalue weighted by atomic mass is 10.2. The molecule has 19 heavy (non-hydrogen) atoms. The normalized spacial score (nSPS) is 13.8. The van der Waals surface area contributed by atoms with Crippen molar-refractivity contribution in [2.24, 2.45) is 0 Å². The molecule has 6 heteroatoms. The molecule has 1 rings (SSSR count). The van der Waals surface area contributed by atoms with E-state index < -0.39 is 8.80 Å². The maximum absolute atomic E-state index is 5.66. The van der Waals surface area contributed by atoms with Gasteiger partial charge in [-0.15, -0.1) is 0 Å². The van der Waals surface area contributed by atoms with E-state index in [1.807, 2.05) is 18.2 Å². The fourth-order valence-electron chi connectivity index (χ4n) is 2.35. The van der Waals surface area contributed by atoms with E-state index >= 15 is 0 Å². The van der Waals surface area contributed by atoms with Crippen molar-refractivity contribution in [3.63, 3.8) is 0 Å². The van der Waals surface area contributed by atoms with Crippen molar-refractivity contribution in [2.45, 2.75) is 5.67 Å². The largest absolute Gasteiger partial charge is 1.00 e. The number of hydrogen-bond acceptors (Lipinski definition) is 3. The van der Waals surface area contributed by atoms with Gasteiger partial charge in [-0.2, -0.15) is 0 Å². The van der Waals surface area contributed by atoms with Gasteiger partial charge in [0.05, 0.1) is 21.1 Å². The Morgan fingerprint density at radius 1 is 0.895 bits per heavy atom. The van der Waals surface area contributed by atoms with Crippen LogP contribution in [0.2, 0.25) is 0 Å². The highest BCUT2D eigenvalue weighted by atomic mass is 35.5. The first kappa shape index (κ1) is 18.6. The summed E-state index contributed by atoms with van der Waals surface area (Å²) in [7, 11) is 8.59. The van der Waals surface area contributed by atoms with Crippen LogP contribution < -0.4 is 12.4 Å². The van der Waals surface area contributed by atoms with Gasteiger partial charge in [0.25, 0.3) is 0 Å². The summed E-state index contributed by atoms with van der Waals surface area (Å²) in [5.74, 6) is 0. The van der Waals surface area contributed by atoms with Crippen molar-refractivity contribution in [2.75, 3.05) is 42.5 Å². The minimum atomic E-state index is -2.75. The fourth-order valence-corrected chi connectivity index (χ4v) is 5.07. The van der Waals surface area contributed by atoms with Gasteiger partial charge in [-0.05, 0) is 0 Å². The molecule has 0 aliphatic carbocycles. The minimum Gasteiger partial charge on any atom is -1.00 e. The second-order valence-corrected chi connectivity index (χ2v) is 8.12. The SMILES string of the molecule is CO[Si](OC)(OC)C(c1ccccc1)[N+](C)(C)C.[Cl-]. The number of nitrogens with zero attached hydrogens (tertiary/aromatic N) is 1. The van der Waals surface area contributed by atoms with E-state index in [9.17, 15) is 0 Å². The lowest BCUT2D eigenvalue weighted by Crippen LogP contribution is -3.00. The van der Waals surface area contributed by atoms with Gasteiger partial charge in [0, 0.05) is 26.9 Å². The topological polar surface area (TPSA) is 27.7 Å². The number of rotatable bonds is 6. The second-order valence-electron chi connectivity index (χ2n) is 5.15. The Kier molecular flexibility index (Phi) is 7.21. The summed E-state index contributed by atoms with van der Waals surface area (Å²) in [6.07, 6.45) is 0. The summed E-state index contributed by atoms with van der Waals surface area (Å²) < 4.78 is 17.7. The Morgan fingerprint density at radius 3 is 1.63 bits per heavy atom. The van der Waals surface area contributed by atoms with E-state index in [-0.39, 0.29) is 18.1 Å². The predicted octanol–water partition coefficient (Wildman–Crippen LogP) is -1.14. The molecule has 0 N–H and O–H groups in total. The summed E-state index contributed by atoms with van der Waals surface area (Å²) in [5.41, 5.74) is 1.21. The van der Waals surface area contributed by atoms with Crippen LogP contribution in [0.25, 0.3) is 0 Å². The highest BCUT2D eigenvalue weighted by molar-refractivity contribution is 6.61. The van der Waals surface area contributed by atoms with E-state index in [2.05, 4.69) is 33.3 Å². The maximum atomic E-state index is 5.66. The molecule has 0 saturated carbocycles. The van der Waals surface area contributed by atoms with E-state index in [0.717, 1.165) is 0 Å². The molecule has 0 spiro atoms. The van der Waals surface area contributed by atoms with Crippen LogP contribution in [-0.2, 0) is 13.3 Å². The van der Waals surface area contributed by atoms with Crippen molar-refractivity contribution in [3.8, 4) is 0 Å². The van der Waals surface area contributed by atoms with Crippen LogP contribution in [0.15, 0.2) is 30.3 Å². The van der Waals surface area contributed by atoms with Crippen molar-refractivity contribution >= 4 is 8.80 Å². The molecular formula is C13H24ClNO3Si. The molecule has 0 aliphatic heterocycles. The van der Waals surface area contributed by atoms with E-state index in [4.69, 9.17) is 13.3 Å². The Balaban J connectivity index is 0.00000324. The van der Waals surface area contributed by atoms with Crippen molar-refractivity contribution < 1.29 is 30.2 Å². The predicted molar refractivity (Wildman–Crippen MR) is 74.0 cm³/mol. The van der Waals surface area contributed by atoms with Crippen LogP contribution >= 0.6 is 0 Å². The third-order valence-corrected chi connectivity index (χ3v) is 6.56. The monoisotopic (exact) mass is 305 g/mol. The number of halogens is 1. The number of hydrogen-bond donors (Lipinski definition) is 0. The molecule has 1 atom stereocenters. The Bertz CT molecular complexity index is 358. The highest BCUT2D eigenvalue weighted by Gasteiger charge is 2.56. The molecule has 110 valence electrons. The third kappa shape index (κ3) is 4.01. The fraction of sp³-hybridized carbons (Fsp3) is 0.538. The molecule has 0 radical (unpaired) electrons. The first-order valence-corrected chi connectivity index (χ1v) is 7.73. The number of quaternary nitrogens is 1. The van der Waals surface area contributed by atoms with Gasteiger partial charge < -0.3 is 30.2 Å². The van der Waals surface area contributed by atoms with Crippen LogP contribution in [0.5, 0.6) is 0 Å². The van der Waals surface area contributed by atoms with Crippen LogP contribution in [0, 0.1) is 0 Å². The van der Waals surface area contributed by atoms with Crippen LogP contribution in [-0.4, -0.2) is 55.8 Å². The molecule has 0 fully saturated rings.